The molecule has 5 rings (SSSR count). The molecule has 3 aromatic heterocycles. The summed E-state index contributed by atoms with van der Waals surface area (Å²) in [7, 11) is 0. The molecule has 178 valence electrons. The molecule has 1 fully saturated rings. The second kappa shape index (κ2) is 9.07. The molecular weight excluding hydrogens is 479 g/mol. The van der Waals surface area contributed by atoms with Crippen molar-refractivity contribution in [3.8, 4) is 28.5 Å². The van der Waals surface area contributed by atoms with E-state index in [0.29, 0.717) is 27.4 Å². The lowest BCUT2D eigenvalue weighted by Gasteiger charge is -2.18. The van der Waals surface area contributed by atoms with Crippen LogP contribution in [0.4, 0.5) is 18.9 Å². The molecule has 0 saturated heterocycles. The molecule has 1 aliphatic carbocycles. The Morgan fingerprint density at radius 1 is 1.11 bits per heavy atom. The number of aromatic nitrogens is 5. The minimum Gasteiger partial charge on any atom is -0.398 e. The maximum absolute atomic E-state index is 14.6. The first kappa shape index (κ1) is 22.9. The highest BCUT2D eigenvalue weighted by molar-refractivity contribution is 6.31. The number of benzene rings is 1. The van der Waals surface area contributed by atoms with E-state index in [2.05, 4.69) is 15.2 Å². The number of rotatable bonds is 7. The summed E-state index contributed by atoms with van der Waals surface area (Å²) in [5, 5.41) is 17.4. The maximum atomic E-state index is 14.6. The van der Waals surface area contributed by atoms with Gasteiger partial charge in [-0.1, -0.05) is 30.5 Å². The molecule has 0 aliphatic heterocycles. The number of pyridine rings is 1. The van der Waals surface area contributed by atoms with Gasteiger partial charge in [-0.25, -0.2) is 9.07 Å². The predicted octanol–water partition coefficient (Wildman–Crippen LogP) is 5.84. The Bertz CT molecular complexity index is 1420. The van der Waals surface area contributed by atoms with Crippen LogP contribution < -0.4 is 5.73 Å². The molecule has 1 aromatic carbocycles. The fraction of sp³-hybridized carbons (Fsp3) is 0.250. The van der Waals surface area contributed by atoms with Gasteiger partial charge in [0.2, 0.25) is 0 Å². The van der Waals surface area contributed by atoms with Gasteiger partial charge < -0.3 is 5.73 Å². The van der Waals surface area contributed by atoms with Crippen LogP contribution in [0.5, 0.6) is 0 Å². The average molecular weight is 498 g/mol. The number of anilines is 1. The number of nitriles is 1. The first-order valence-corrected chi connectivity index (χ1v) is 11.2. The first-order chi connectivity index (χ1) is 16.9. The van der Waals surface area contributed by atoms with Crippen molar-refractivity contribution in [2.75, 3.05) is 5.73 Å². The number of alkyl halides is 2. The van der Waals surface area contributed by atoms with E-state index in [4.69, 9.17) is 17.3 Å². The topological polar surface area (TPSA) is 98.3 Å². The highest BCUT2D eigenvalue weighted by Gasteiger charge is 2.29. The van der Waals surface area contributed by atoms with Gasteiger partial charge in [-0.2, -0.15) is 24.2 Å². The number of halogens is 4. The third kappa shape index (κ3) is 4.35. The number of nitrogens with zero attached hydrogens (tertiary/aromatic N) is 6. The van der Waals surface area contributed by atoms with Gasteiger partial charge in [0.25, 0.3) is 0 Å². The molecule has 7 nitrogen and oxygen atoms in total. The second-order valence-electron chi connectivity index (χ2n) is 8.44. The van der Waals surface area contributed by atoms with Gasteiger partial charge in [0.05, 0.1) is 40.4 Å². The van der Waals surface area contributed by atoms with Crippen molar-refractivity contribution in [2.24, 2.45) is 5.92 Å². The normalized spacial score (nSPS) is 14.3. The van der Waals surface area contributed by atoms with Crippen molar-refractivity contribution in [3.63, 3.8) is 0 Å². The zero-order valence-electron chi connectivity index (χ0n) is 18.2. The van der Waals surface area contributed by atoms with Crippen LogP contribution in [0.2, 0.25) is 5.02 Å². The van der Waals surface area contributed by atoms with Crippen LogP contribution in [-0.4, -0.2) is 24.5 Å². The zero-order valence-corrected chi connectivity index (χ0v) is 19.0. The molecule has 1 atom stereocenters. The van der Waals surface area contributed by atoms with E-state index in [1.165, 1.54) is 24.5 Å². The highest BCUT2D eigenvalue weighted by Crippen LogP contribution is 2.40. The summed E-state index contributed by atoms with van der Waals surface area (Å²) in [6, 6.07) is 8.05. The van der Waals surface area contributed by atoms with E-state index >= 15 is 0 Å². The molecule has 1 aliphatic rings. The van der Waals surface area contributed by atoms with Crippen molar-refractivity contribution in [2.45, 2.75) is 31.9 Å². The molecule has 0 bridgehead atoms. The van der Waals surface area contributed by atoms with Gasteiger partial charge in [0.15, 0.2) is 5.82 Å². The lowest BCUT2D eigenvalue weighted by atomic mass is 10.0. The van der Waals surface area contributed by atoms with Crippen LogP contribution in [-0.2, 0) is 0 Å². The summed E-state index contributed by atoms with van der Waals surface area (Å²) in [5.74, 6) is -0.118. The van der Waals surface area contributed by atoms with E-state index in [-0.39, 0.29) is 33.6 Å². The highest BCUT2D eigenvalue weighted by atomic mass is 35.5. The Morgan fingerprint density at radius 2 is 1.91 bits per heavy atom. The first-order valence-electron chi connectivity index (χ1n) is 10.9. The quantitative estimate of drug-likeness (QED) is 0.323. The Kier molecular flexibility index (Phi) is 5.94. The summed E-state index contributed by atoms with van der Waals surface area (Å²) in [6.07, 6.45) is 8.63. The Balaban J connectivity index is 1.51. The van der Waals surface area contributed by atoms with Crippen LogP contribution in [0.3, 0.4) is 0 Å². The monoisotopic (exact) mass is 497 g/mol. The lowest BCUT2D eigenvalue weighted by molar-refractivity contribution is 0.0585. The summed E-state index contributed by atoms with van der Waals surface area (Å²) in [5.41, 5.74) is 7.95. The van der Waals surface area contributed by atoms with E-state index in [1.807, 2.05) is 6.07 Å². The van der Waals surface area contributed by atoms with Crippen molar-refractivity contribution in [1.82, 2.24) is 24.5 Å². The van der Waals surface area contributed by atoms with Crippen LogP contribution in [0, 0.1) is 23.1 Å². The fourth-order valence-electron chi connectivity index (χ4n) is 4.15. The van der Waals surface area contributed by atoms with E-state index < -0.39 is 12.4 Å². The third-order valence-corrected chi connectivity index (χ3v) is 6.38. The van der Waals surface area contributed by atoms with Crippen LogP contribution >= 0.6 is 11.6 Å². The molecule has 0 radical (unpaired) electrons. The van der Waals surface area contributed by atoms with Crippen molar-refractivity contribution in [3.05, 3.63) is 71.2 Å². The molecule has 3 heterocycles. The molecule has 11 heteroatoms. The summed E-state index contributed by atoms with van der Waals surface area (Å²) in [6.45, 7) is -2.90. The van der Waals surface area contributed by atoms with E-state index in [9.17, 15) is 18.4 Å². The number of hydrogen-bond donors (Lipinski definition) is 1. The fourth-order valence-corrected chi connectivity index (χ4v) is 4.31. The van der Waals surface area contributed by atoms with Crippen molar-refractivity contribution >= 4 is 17.3 Å². The largest absolute Gasteiger partial charge is 0.398 e. The Labute approximate surface area is 203 Å². The third-order valence-electron chi connectivity index (χ3n) is 6.09. The van der Waals surface area contributed by atoms with Gasteiger partial charge in [0.1, 0.15) is 6.07 Å². The standard InChI is InChI=1S/C24H19ClF3N7/c25-17-4-5-18(30)21(22(17)26)14-3-6-19(31-9-14)20(7-13-1-2-13)34-12-16(11-32-34)23-15(8-29)10-33-35(23)24(27)28/h3-6,9-13,20,24H,1-2,7,30H2. The number of nitrogens with two attached hydrogens (primary N) is 1. The van der Waals surface area contributed by atoms with Gasteiger partial charge in [-0.3, -0.25) is 9.67 Å². The second-order valence-corrected chi connectivity index (χ2v) is 8.85. The van der Waals surface area contributed by atoms with Crippen LogP contribution in [0.25, 0.3) is 22.4 Å². The predicted molar refractivity (Wildman–Crippen MR) is 124 cm³/mol. The molecule has 4 aromatic rings. The molecule has 0 amide bonds. The van der Waals surface area contributed by atoms with Gasteiger partial charge in [-0.15, -0.1) is 0 Å². The molecule has 35 heavy (non-hydrogen) atoms. The summed E-state index contributed by atoms with van der Waals surface area (Å²) in [4.78, 5) is 4.56. The van der Waals surface area contributed by atoms with Crippen molar-refractivity contribution in [1.29, 1.82) is 5.26 Å². The van der Waals surface area contributed by atoms with Crippen molar-refractivity contribution < 1.29 is 13.2 Å². The van der Waals surface area contributed by atoms with Gasteiger partial charge >= 0.3 is 6.55 Å². The summed E-state index contributed by atoms with van der Waals surface area (Å²) < 4.78 is 43.7. The average Bonchev–Trinajstić information content (AvgIpc) is 3.36. The molecule has 1 saturated carbocycles. The lowest BCUT2D eigenvalue weighted by Crippen LogP contribution is -2.14. The van der Waals surface area contributed by atoms with Crippen LogP contribution in [0.1, 0.15) is 43.1 Å². The smallest absolute Gasteiger partial charge is 0.333 e. The minimum absolute atomic E-state index is 0.00846. The number of hydrogen-bond acceptors (Lipinski definition) is 5. The van der Waals surface area contributed by atoms with Gasteiger partial charge in [0, 0.05) is 34.8 Å². The minimum atomic E-state index is -2.90. The molecular formula is C24H19ClF3N7. The SMILES string of the molecule is N#Cc1cnn(C(F)F)c1-c1cnn(C(CC2CC2)c2ccc(-c3c(N)ccc(Cl)c3F)cn2)c1. The van der Waals surface area contributed by atoms with Crippen LogP contribution in [0.15, 0.2) is 49.1 Å². The molecule has 2 N–H and O–H groups in total. The molecule has 0 spiro atoms. The summed E-state index contributed by atoms with van der Waals surface area (Å²) >= 11 is 5.92. The Morgan fingerprint density at radius 3 is 2.57 bits per heavy atom. The molecule has 1 unspecified atom stereocenters. The number of nitrogen functional groups attached to an aromatic ring is 1. The maximum Gasteiger partial charge on any atom is 0.333 e. The van der Waals surface area contributed by atoms with E-state index in [1.54, 1.807) is 23.0 Å². The van der Waals surface area contributed by atoms with E-state index in [0.717, 1.165) is 25.5 Å². The Hall–Kier alpha value is -3.84. The van der Waals surface area contributed by atoms with Gasteiger partial charge in [-0.05, 0) is 30.5 Å². The zero-order chi connectivity index (χ0) is 24.7.